The molecule has 1 aliphatic rings. The molecular formula is C18H29NO2. The third-order valence-corrected chi connectivity index (χ3v) is 4.05. The van der Waals surface area contributed by atoms with Gasteiger partial charge in [0, 0.05) is 19.3 Å². The first-order chi connectivity index (χ1) is 10.3. The molecule has 21 heavy (non-hydrogen) atoms. The summed E-state index contributed by atoms with van der Waals surface area (Å²) in [6.45, 7) is 6.90. The Balaban J connectivity index is 1.63. The summed E-state index contributed by atoms with van der Waals surface area (Å²) in [5.74, 6) is 0. The van der Waals surface area contributed by atoms with Gasteiger partial charge in [0.25, 0.3) is 0 Å². The first-order valence-electron chi connectivity index (χ1n) is 8.35. The highest BCUT2D eigenvalue weighted by atomic mass is 16.5. The normalized spacial score (nSPS) is 24.8. The molecule has 1 aliphatic carbocycles. The number of rotatable bonds is 10. The van der Waals surface area contributed by atoms with Crippen LogP contribution in [-0.4, -0.2) is 38.0 Å². The summed E-state index contributed by atoms with van der Waals surface area (Å²) in [5, 5.41) is 3.54. The molecule has 0 bridgehead atoms. The van der Waals surface area contributed by atoms with Crippen LogP contribution in [0.2, 0.25) is 0 Å². The van der Waals surface area contributed by atoms with Gasteiger partial charge in [0.15, 0.2) is 0 Å². The highest BCUT2D eigenvalue weighted by molar-refractivity contribution is 5.14. The molecule has 0 spiro atoms. The molecule has 1 saturated carbocycles. The van der Waals surface area contributed by atoms with Gasteiger partial charge in [-0.1, -0.05) is 37.3 Å². The van der Waals surface area contributed by atoms with E-state index in [1.165, 1.54) is 5.56 Å². The average Bonchev–Trinajstić information content (AvgIpc) is 2.51. The number of hydrogen-bond acceptors (Lipinski definition) is 3. The molecule has 0 saturated heterocycles. The first-order valence-corrected chi connectivity index (χ1v) is 8.35. The van der Waals surface area contributed by atoms with Crippen molar-refractivity contribution < 1.29 is 9.47 Å². The van der Waals surface area contributed by atoms with E-state index in [4.69, 9.17) is 9.47 Å². The SMILES string of the molecule is CCCNC1CC(OCCCc2ccccc2)C1OCC. The van der Waals surface area contributed by atoms with E-state index in [0.717, 1.165) is 45.4 Å². The molecular weight excluding hydrogens is 262 g/mol. The fourth-order valence-electron chi connectivity index (χ4n) is 2.85. The van der Waals surface area contributed by atoms with Crippen molar-refractivity contribution in [2.24, 2.45) is 0 Å². The number of ether oxygens (including phenoxy) is 2. The van der Waals surface area contributed by atoms with Gasteiger partial charge in [0.1, 0.15) is 0 Å². The standard InChI is InChI=1S/C18H29NO2/c1-3-12-19-16-14-17(18(16)20-4-2)21-13-8-11-15-9-6-5-7-10-15/h5-7,9-10,16-19H,3-4,8,11-14H2,1-2H3. The summed E-state index contributed by atoms with van der Waals surface area (Å²) in [4.78, 5) is 0. The molecule has 0 radical (unpaired) electrons. The summed E-state index contributed by atoms with van der Waals surface area (Å²) in [5.41, 5.74) is 1.39. The molecule has 1 aromatic carbocycles. The van der Waals surface area contributed by atoms with Crippen LogP contribution in [0.25, 0.3) is 0 Å². The van der Waals surface area contributed by atoms with E-state index >= 15 is 0 Å². The van der Waals surface area contributed by atoms with E-state index in [2.05, 4.69) is 49.5 Å². The largest absolute Gasteiger partial charge is 0.375 e. The van der Waals surface area contributed by atoms with Crippen LogP contribution in [0.5, 0.6) is 0 Å². The van der Waals surface area contributed by atoms with E-state index in [-0.39, 0.29) is 12.2 Å². The molecule has 0 aromatic heterocycles. The van der Waals surface area contributed by atoms with Crippen molar-refractivity contribution in [2.75, 3.05) is 19.8 Å². The lowest BCUT2D eigenvalue weighted by Gasteiger charge is -2.44. The van der Waals surface area contributed by atoms with Crippen LogP contribution in [0.4, 0.5) is 0 Å². The monoisotopic (exact) mass is 291 g/mol. The van der Waals surface area contributed by atoms with E-state index in [0.29, 0.717) is 6.04 Å². The molecule has 1 N–H and O–H groups in total. The minimum absolute atomic E-state index is 0.235. The van der Waals surface area contributed by atoms with E-state index < -0.39 is 0 Å². The van der Waals surface area contributed by atoms with E-state index in [1.54, 1.807) is 0 Å². The topological polar surface area (TPSA) is 30.5 Å². The van der Waals surface area contributed by atoms with Crippen LogP contribution in [0.3, 0.4) is 0 Å². The Hall–Kier alpha value is -0.900. The maximum absolute atomic E-state index is 6.01. The summed E-state index contributed by atoms with van der Waals surface area (Å²) in [7, 11) is 0. The van der Waals surface area contributed by atoms with Crippen LogP contribution in [0, 0.1) is 0 Å². The van der Waals surface area contributed by atoms with Gasteiger partial charge in [-0.05, 0) is 44.7 Å². The van der Waals surface area contributed by atoms with Gasteiger partial charge in [0.2, 0.25) is 0 Å². The number of hydrogen-bond donors (Lipinski definition) is 1. The Morgan fingerprint density at radius 3 is 2.67 bits per heavy atom. The van der Waals surface area contributed by atoms with Gasteiger partial charge < -0.3 is 14.8 Å². The zero-order valence-corrected chi connectivity index (χ0v) is 13.4. The van der Waals surface area contributed by atoms with Crippen molar-refractivity contribution in [1.29, 1.82) is 0 Å². The number of benzene rings is 1. The quantitative estimate of drug-likeness (QED) is 0.672. The van der Waals surface area contributed by atoms with Gasteiger partial charge >= 0.3 is 0 Å². The second-order valence-corrected chi connectivity index (χ2v) is 5.71. The predicted molar refractivity (Wildman–Crippen MR) is 86.6 cm³/mol. The third-order valence-electron chi connectivity index (χ3n) is 4.05. The smallest absolute Gasteiger partial charge is 0.0990 e. The molecule has 1 fully saturated rings. The zero-order valence-electron chi connectivity index (χ0n) is 13.4. The number of nitrogens with one attached hydrogen (secondary N) is 1. The molecule has 3 heteroatoms. The lowest BCUT2D eigenvalue weighted by Crippen LogP contribution is -2.60. The van der Waals surface area contributed by atoms with E-state index in [9.17, 15) is 0 Å². The van der Waals surface area contributed by atoms with Crippen molar-refractivity contribution in [2.45, 2.75) is 57.8 Å². The molecule has 0 heterocycles. The Morgan fingerprint density at radius 1 is 1.14 bits per heavy atom. The number of aryl methyl sites for hydroxylation is 1. The van der Waals surface area contributed by atoms with Crippen LogP contribution < -0.4 is 5.32 Å². The summed E-state index contributed by atoms with van der Waals surface area (Å²) >= 11 is 0. The second kappa shape index (κ2) is 9.19. The highest BCUT2D eigenvalue weighted by Crippen LogP contribution is 2.27. The van der Waals surface area contributed by atoms with Crippen LogP contribution >= 0.6 is 0 Å². The van der Waals surface area contributed by atoms with Crippen LogP contribution in [0.15, 0.2) is 30.3 Å². The van der Waals surface area contributed by atoms with Crippen molar-refractivity contribution in [3.05, 3.63) is 35.9 Å². The van der Waals surface area contributed by atoms with Crippen LogP contribution in [0.1, 0.15) is 38.7 Å². The van der Waals surface area contributed by atoms with Crippen molar-refractivity contribution >= 4 is 0 Å². The minimum Gasteiger partial charge on any atom is -0.375 e. The molecule has 1 aromatic rings. The van der Waals surface area contributed by atoms with Gasteiger partial charge in [-0.2, -0.15) is 0 Å². The van der Waals surface area contributed by atoms with Crippen LogP contribution in [-0.2, 0) is 15.9 Å². The van der Waals surface area contributed by atoms with Gasteiger partial charge in [0.05, 0.1) is 12.2 Å². The molecule has 2 rings (SSSR count). The lowest BCUT2D eigenvalue weighted by atomic mass is 9.85. The fourth-order valence-corrected chi connectivity index (χ4v) is 2.85. The third kappa shape index (κ3) is 5.10. The Morgan fingerprint density at radius 2 is 1.95 bits per heavy atom. The van der Waals surface area contributed by atoms with Gasteiger partial charge in [-0.15, -0.1) is 0 Å². The van der Waals surface area contributed by atoms with Gasteiger partial charge in [-0.3, -0.25) is 0 Å². The summed E-state index contributed by atoms with van der Waals surface area (Å²) < 4.78 is 11.8. The Bertz CT molecular complexity index is 382. The maximum atomic E-state index is 6.01. The molecule has 118 valence electrons. The van der Waals surface area contributed by atoms with Crippen molar-refractivity contribution in [3.63, 3.8) is 0 Å². The van der Waals surface area contributed by atoms with Crippen molar-refractivity contribution in [1.82, 2.24) is 5.32 Å². The molecule has 3 nitrogen and oxygen atoms in total. The molecule has 3 unspecified atom stereocenters. The summed E-state index contributed by atoms with van der Waals surface area (Å²) in [6.07, 6.45) is 4.92. The Labute approximate surface area is 129 Å². The predicted octanol–water partition coefficient (Wildman–Crippen LogP) is 3.18. The van der Waals surface area contributed by atoms with Gasteiger partial charge in [-0.25, -0.2) is 0 Å². The zero-order chi connectivity index (χ0) is 14.9. The lowest BCUT2D eigenvalue weighted by molar-refractivity contribution is -0.145. The highest BCUT2D eigenvalue weighted by Gasteiger charge is 2.42. The first kappa shape index (κ1) is 16.5. The summed E-state index contributed by atoms with van der Waals surface area (Å²) in [6, 6.07) is 11.1. The second-order valence-electron chi connectivity index (χ2n) is 5.71. The fraction of sp³-hybridized carbons (Fsp3) is 0.667. The molecule has 0 amide bonds. The van der Waals surface area contributed by atoms with E-state index in [1.807, 2.05) is 0 Å². The molecule has 0 aliphatic heterocycles. The minimum atomic E-state index is 0.235. The average molecular weight is 291 g/mol. The Kier molecular flexibility index (Phi) is 7.20. The van der Waals surface area contributed by atoms with Crippen molar-refractivity contribution in [3.8, 4) is 0 Å². The maximum Gasteiger partial charge on any atom is 0.0990 e. The molecule has 3 atom stereocenters.